The summed E-state index contributed by atoms with van der Waals surface area (Å²) in [6, 6.07) is 12.8. The number of anilines is 1. The summed E-state index contributed by atoms with van der Waals surface area (Å²) < 4.78 is 11.1. The predicted molar refractivity (Wildman–Crippen MR) is 113 cm³/mol. The van der Waals surface area contributed by atoms with Crippen LogP contribution in [-0.4, -0.2) is 37.5 Å². The van der Waals surface area contributed by atoms with E-state index in [1.54, 1.807) is 19.2 Å². The molecule has 1 aliphatic rings. The Morgan fingerprint density at radius 2 is 1.72 bits per heavy atom. The lowest BCUT2D eigenvalue weighted by molar-refractivity contribution is -0.135. The first-order valence-electron chi connectivity index (χ1n) is 9.53. The molecule has 0 saturated heterocycles. The highest BCUT2D eigenvalue weighted by atomic mass is 16.5. The molecule has 0 fully saturated rings. The topological polar surface area (TPSA) is 67.9 Å². The maximum absolute atomic E-state index is 12.8. The Kier molecular flexibility index (Phi) is 5.92. The normalized spacial score (nSPS) is 14.1. The smallest absolute Gasteiger partial charge is 0.277 e. The molecule has 0 aromatic heterocycles. The van der Waals surface area contributed by atoms with Crippen molar-refractivity contribution >= 4 is 23.1 Å². The van der Waals surface area contributed by atoms with Gasteiger partial charge < -0.3 is 14.8 Å². The van der Waals surface area contributed by atoms with E-state index in [1.165, 1.54) is 7.05 Å². The molecule has 3 rings (SSSR count). The quantitative estimate of drug-likeness (QED) is 0.723. The van der Waals surface area contributed by atoms with Crippen molar-refractivity contribution in [3.8, 4) is 11.5 Å². The number of amides is 2. The second-order valence-corrected chi connectivity index (χ2v) is 7.48. The van der Waals surface area contributed by atoms with Crippen LogP contribution in [0.4, 0.5) is 5.69 Å². The first-order chi connectivity index (χ1) is 13.8. The van der Waals surface area contributed by atoms with Crippen LogP contribution in [0, 0.1) is 12.8 Å². The molecular formula is C23H26N2O4. The molecule has 0 saturated carbocycles. The Balaban J connectivity index is 1.99. The van der Waals surface area contributed by atoms with Crippen LogP contribution in [0.5, 0.6) is 11.5 Å². The summed E-state index contributed by atoms with van der Waals surface area (Å²) in [6.07, 6.45) is 0. The standard InChI is InChI=1S/C23H26N2O4/c1-14(2)13-29-17-9-7-16(8-10-17)20-21(23(27)25(4)22(20)26)24-18-12-15(3)6-11-19(18)28-5/h6-12,14,24H,13H2,1-5H3. The monoisotopic (exact) mass is 394 g/mol. The molecule has 1 aliphatic heterocycles. The number of rotatable bonds is 7. The van der Waals surface area contributed by atoms with E-state index >= 15 is 0 Å². The molecule has 152 valence electrons. The van der Waals surface area contributed by atoms with Gasteiger partial charge in [0.25, 0.3) is 11.8 Å². The number of likely N-dealkylation sites (N-methyl/N-ethyl adjacent to an activating group) is 1. The summed E-state index contributed by atoms with van der Waals surface area (Å²) in [5, 5.41) is 3.13. The van der Waals surface area contributed by atoms with Crippen LogP contribution in [-0.2, 0) is 9.59 Å². The molecule has 2 aromatic carbocycles. The Hall–Kier alpha value is -3.28. The third-order valence-electron chi connectivity index (χ3n) is 4.63. The minimum Gasteiger partial charge on any atom is -0.495 e. The average Bonchev–Trinajstić information content (AvgIpc) is 2.91. The first-order valence-corrected chi connectivity index (χ1v) is 9.53. The third-order valence-corrected chi connectivity index (χ3v) is 4.63. The van der Waals surface area contributed by atoms with Crippen molar-refractivity contribution < 1.29 is 19.1 Å². The lowest BCUT2D eigenvalue weighted by Gasteiger charge is -2.13. The number of aryl methyl sites for hydroxylation is 1. The number of hydrogen-bond donors (Lipinski definition) is 1. The molecule has 6 heteroatoms. The van der Waals surface area contributed by atoms with Gasteiger partial charge in [-0.25, -0.2) is 0 Å². The summed E-state index contributed by atoms with van der Waals surface area (Å²) in [5.74, 6) is 1.01. The second-order valence-electron chi connectivity index (χ2n) is 7.48. The zero-order valence-corrected chi connectivity index (χ0v) is 17.4. The van der Waals surface area contributed by atoms with Crippen molar-refractivity contribution in [2.75, 3.05) is 26.1 Å². The van der Waals surface area contributed by atoms with Crippen molar-refractivity contribution in [1.82, 2.24) is 4.90 Å². The van der Waals surface area contributed by atoms with E-state index < -0.39 is 0 Å². The summed E-state index contributed by atoms with van der Waals surface area (Å²) >= 11 is 0. The number of nitrogens with zero attached hydrogens (tertiary/aromatic N) is 1. The second kappa shape index (κ2) is 8.39. The highest BCUT2D eigenvalue weighted by Crippen LogP contribution is 2.33. The number of carbonyl (C=O) groups is 2. The van der Waals surface area contributed by atoms with Crippen molar-refractivity contribution in [3.63, 3.8) is 0 Å². The Morgan fingerprint density at radius 1 is 1.03 bits per heavy atom. The molecule has 1 heterocycles. The minimum atomic E-state index is -0.381. The number of carbonyl (C=O) groups excluding carboxylic acids is 2. The number of imide groups is 1. The fourth-order valence-electron chi connectivity index (χ4n) is 3.06. The summed E-state index contributed by atoms with van der Waals surface area (Å²) in [4.78, 5) is 26.6. The van der Waals surface area contributed by atoms with Gasteiger partial charge in [-0.2, -0.15) is 0 Å². The molecule has 0 radical (unpaired) electrons. The largest absolute Gasteiger partial charge is 0.495 e. The van der Waals surface area contributed by atoms with Gasteiger partial charge in [-0.15, -0.1) is 0 Å². The van der Waals surface area contributed by atoms with Crippen molar-refractivity contribution in [3.05, 3.63) is 59.3 Å². The van der Waals surface area contributed by atoms with Gasteiger partial charge in [-0.1, -0.05) is 32.0 Å². The van der Waals surface area contributed by atoms with E-state index in [4.69, 9.17) is 9.47 Å². The lowest BCUT2D eigenvalue weighted by atomic mass is 10.0. The van der Waals surface area contributed by atoms with Crippen molar-refractivity contribution in [1.29, 1.82) is 0 Å². The minimum absolute atomic E-state index is 0.234. The molecule has 0 spiro atoms. The van der Waals surface area contributed by atoms with Gasteiger partial charge in [0.2, 0.25) is 0 Å². The first kappa shape index (κ1) is 20.5. The number of benzene rings is 2. The van der Waals surface area contributed by atoms with Gasteiger partial charge in [0.05, 0.1) is 25.0 Å². The fourth-order valence-corrected chi connectivity index (χ4v) is 3.06. The van der Waals surface area contributed by atoms with E-state index in [0.717, 1.165) is 16.2 Å². The molecule has 2 aromatic rings. The van der Waals surface area contributed by atoms with Crippen LogP contribution in [0.1, 0.15) is 25.0 Å². The fraction of sp³-hybridized carbons (Fsp3) is 0.304. The van der Waals surface area contributed by atoms with Gasteiger partial charge in [0, 0.05) is 7.05 Å². The molecular weight excluding hydrogens is 368 g/mol. The van der Waals surface area contributed by atoms with Crippen LogP contribution in [0.25, 0.3) is 5.57 Å². The van der Waals surface area contributed by atoms with Crippen LogP contribution in [0.15, 0.2) is 48.2 Å². The lowest BCUT2D eigenvalue weighted by Crippen LogP contribution is -2.28. The van der Waals surface area contributed by atoms with Gasteiger partial charge in [-0.3, -0.25) is 14.5 Å². The van der Waals surface area contributed by atoms with E-state index in [0.29, 0.717) is 35.1 Å². The van der Waals surface area contributed by atoms with Crippen molar-refractivity contribution in [2.45, 2.75) is 20.8 Å². The van der Waals surface area contributed by atoms with Crippen LogP contribution < -0.4 is 14.8 Å². The summed E-state index contributed by atoms with van der Waals surface area (Å²) in [5.41, 5.74) is 2.85. The Labute approximate surface area is 171 Å². The number of nitrogens with one attached hydrogen (secondary N) is 1. The van der Waals surface area contributed by atoms with Crippen LogP contribution in [0.2, 0.25) is 0 Å². The molecule has 0 aliphatic carbocycles. The van der Waals surface area contributed by atoms with Crippen molar-refractivity contribution in [2.24, 2.45) is 5.92 Å². The summed E-state index contributed by atoms with van der Waals surface area (Å²) in [7, 11) is 3.04. The third kappa shape index (κ3) is 4.26. The molecule has 6 nitrogen and oxygen atoms in total. The number of ether oxygens (including phenoxy) is 2. The van der Waals surface area contributed by atoms with Gasteiger partial charge in [0.15, 0.2) is 0 Å². The zero-order valence-electron chi connectivity index (χ0n) is 17.4. The molecule has 0 bridgehead atoms. The Bertz CT molecular complexity index is 961. The number of methoxy groups -OCH3 is 1. The molecule has 0 unspecified atom stereocenters. The van der Waals surface area contributed by atoms with Gasteiger partial charge in [0.1, 0.15) is 17.2 Å². The van der Waals surface area contributed by atoms with E-state index in [-0.39, 0.29) is 17.5 Å². The highest BCUT2D eigenvalue weighted by molar-refractivity contribution is 6.36. The van der Waals surface area contributed by atoms with E-state index in [1.807, 2.05) is 37.3 Å². The Morgan fingerprint density at radius 3 is 2.34 bits per heavy atom. The van der Waals surface area contributed by atoms with E-state index in [2.05, 4.69) is 19.2 Å². The molecule has 0 atom stereocenters. The van der Waals surface area contributed by atoms with E-state index in [9.17, 15) is 9.59 Å². The van der Waals surface area contributed by atoms with Gasteiger partial charge in [-0.05, 0) is 48.2 Å². The molecule has 29 heavy (non-hydrogen) atoms. The van der Waals surface area contributed by atoms with Crippen LogP contribution >= 0.6 is 0 Å². The zero-order chi connectivity index (χ0) is 21.1. The highest BCUT2D eigenvalue weighted by Gasteiger charge is 2.37. The molecule has 1 N–H and O–H groups in total. The molecule has 2 amide bonds. The SMILES string of the molecule is COc1ccc(C)cc1NC1=C(c2ccc(OCC(C)C)cc2)C(=O)N(C)C1=O. The predicted octanol–water partition coefficient (Wildman–Crippen LogP) is 3.86. The van der Waals surface area contributed by atoms with Crippen LogP contribution in [0.3, 0.4) is 0 Å². The number of hydrogen-bond acceptors (Lipinski definition) is 5. The van der Waals surface area contributed by atoms with Gasteiger partial charge >= 0.3 is 0 Å². The summed E-state index contributed by atoms with van der Waals surface area (Å²) in [6.45, 7) is 6.72. The maximum Gasteiger partial charge on any atom is 0.277 e. The average molecular weight is 394 g/mol. The maximum atomic E-state index is 12.8.